The zero-order chi connectivity index (χ0) is 20.6. The third kappa shape index (κ3) is 5.20. The molecule has 0 bridgehead atoms. The third-order valence-corrected chi connectivity index (χ3v) is 4.31. The Morgan fingerprint density at radius 1 is 0.833 bits per heavy atom. The lowest BCUT2D eigenvalue weighted by molar-refractivity contribution is 0.0950. The van der Waals surface area contributed by atoms with Gasteiger partial charge < -0.3 is 15.4 Å². The number of anilines is 2. The van der Waals surface area contributed by atoms with Gasteiger partial charge in [0.1, 0.15) is 17.3 Å². The van der Waals surface area contributed by atoms with E-state index in [0.717, 1.165) is 22.7 Å². The Kier molecular flexibility index (Phi) is 5.96. The number of ether oxygens (including phenoxy) is 1. The van der Waals surface area contributed by atoms with Crippen molar-refractivity contribution in [2.24, 2.45) is 0 Å². The number of rotatable bonds is 7. The summed E-state index contributed by atoms with van der Waals surface area (Å²) in [5.74, 6) is 2.01. The predicted octanol–water partition coefficient (Wildman–Crippen LogP) is 4.94. The molecule has 0 saturated carbocycles. The normalized spacial score (nSPS) is 10.3. The van der Waals surface area contributed by atoms with E-state index in [2.05, 4.69) is 20.6 Å². The van der Waals surface area contributed by atoms with Crippen molar-refractivity contribution in [3.63, 3.8) is 0 Å². The Labute approximate surface area is 174 Å². The van der Waals surface area contributed by atoms with Crippen molar-refractivity contribution in [1.29, 1.82) is 0 Å². The van der Waals surface area contributed by atoms with E-state index in [1.165, 1.54) is 0 Å². The fourth-order valence-corrected chi connectivity index (χ4v) is 2.77. The second kappa shape index (κ2) is 9.34. The molecule has 0 aliphatic rings. The second-order valence-electron chi connectivity index (χ2n) is 6.54. The van der Waals surface area contributed by atoms with Crippen LogP contribution in [-0.4, -0.2) is 15.9 Å². The summed E-state index contributed by atoms with van der Waals surface area (Å²) in [5, 5.41) is 6.07. The van der Waals surface area contributed by atoms with Crippen molar-refractivity contribution < 1.29 is 9.53 Å². The average molecular weight is 396 g/mol. The molecule has 0 saturated heterocycles. The van der Waals surface area contributed by atoms with Crippen LogP contribution in [-0.2, 0) is 6.54 Å². The van der Waals surface area contributed by atoms with E-state index in [-0.39, 0.29) is 5.91 Å². The fourth-order valence-electron chi connectivity index (χ4n) is 2.77. The molecule has 30 heavy (non-hydrogen) atoms. The Hall–Kier alpha value is -4.19. The van der Waals surface area contributed by atoms with Crippen molar-refractivity contribution in [1.82, 2.24) is 15.3 Å². The first kappa shape index (κ1) is 19.1. The van der Waals surface area contributed by atoms with Crippen LogP contribution in [0.25, 0.3) is 0 Å². The summed E-state index contributed by atoms with van der Waals surface area (Å²) in [5.41, 5.74) is 2.31. The summed E-state index contributed by atoms with van der Waals surface area (Å²) in [6.07, 6.45) is 4.97. The van der Waals surface area contributed by atoms with E-state index >= 15 is 0 Å². The highest BCUT2D eigenvalue weighted by atomic mass is 16.5. The smallest absolute Gasteiger partial charge is 0.253 e. The van der Waals surface area contributed by atoms with Gasteiger partial charge in [0.25, 0.3) is 5.91 Å². The van der Waals surface area contributed by atoms with Gasteiger partial charge in [-0.2, -0.15) is 0 Å². The molecule has 6 heteroatoms. The summed E-state index contributed by atoms with van der Waals surface area (Å²) >= 11 is 0. The van der Waals surface area contributed by atoms with Crippen LogP contribution < -0.4 is 15.4 Å². The molecule has 2 aromatic carbocycles. The molecule has 1 amide bonds. The summed E-state index contributed by atoms with van der Waals surface area (Å²) < 4.78 is 5.79. The zero-order valence-corrected chi connectivity index (χ0v) is 16.2. The van der Waals surface area contributed by atoms with Gasteiger partial charge in [0, 0.05) is 30.8 Å². The predicted molar refractivity (Wildman–Crippen MR) is 116 cm³/mol. The Morgan fingerprint density at radius 2 is 1.63 bits per heavy atom. The van der Waals surface area contributed by atoms with Crippen LogP contribution in [0.2, 0.25) is 0 Å². The maximum atomic E-state index is 12.3. The van der Waals surface area contributed by atoms with Crippen LogP contribution >= 0.6 is 0 Å². The first-order valence-corrected chi connectivity index (χ1v) is 9.49. The maximum absolute atomic E-state index is 12.3. The van der Waals surface area contributed by atoms with E-state index < -0.39 is 0 Å². The number of para-hydroxylation sites is 1. The molecular formula is C24H20N4O2. The summed E-state index contributed by atoms with van der Waals surface area (Å²) in [7, 11) is 0. The number of hydrogen-bond donors (Lipinski definition) is 2. The van der Waals surface area contributed by atoms with E-state index in [9.17, 15) is 4.79 Å². The number of amides is 1. The number of nitrogens with one attached hydrogen (secondary N) is 2. The summed E-state index contributed by atoms with van der Waals surface area (Å²) in [4.78, 5) is 20.6. The molecule has 4 rings (SSSR count). The Balaban J connectivity index is 1.32. The average Bonchev–Trinajstić information content (AvgIpc) is 2.81. The van der Waals surface area contributed by atoms with E-state index in [1.54, 1.807) is 30.7 Å². The number of carbonyl (C=O) groups is 1. The molecule has 2 N–H and O–H groups in total. The van der Waals surface area contributed by atoms with Crippen LogP contribution in [0.4, 0.5) is 11.5 Å². The number of aromatic nitrogens is 2. The van der Waals surface area contributed by atoms with Gasteiger partial charge in [-0.15, -0.1) is 0 Å². The molecule has 0 atom stereocenters. The summed E-state index contributed by atoms with van der Waals surface area (Å²) in [6.45, 7) is 0.421. The SMILES string of the molecule is O=C(NCc1cccnc1)c1ccc(Nc2ccc(Oc3ccccc3)cc2)nc1. The monoisotopic (exact) mass is 396 g/mol. The van der Waals surface area contributed by atoms with Gasteiger partial charge in [-0.3, -0.25) is 9.78 Å². The lowest BCUT2D eigenvalue weighted by Gasteiger charge is -2.09. The second-order valence-corrected chi connectivity index (χ2v) is 6.54. The lowest BCUT2D eigenvalue weighted by atomic mass is 10.2. The zero-order valence-electron chi connectivity index (χ0n) is 16.2. The van der Waals surface area contributed by atoms with Gasteiger partial charge in [-0.1, -0.05) is 24.3 Å². The van der Waals surface area contributed by atoms with E-state index in [4.69, 9.17) is 4.74 Å². The van der Waals surface area contributed by atoms with Crippen LogP contribution in [0, 0.1) is 0 Å². The van der Waals surface area contributed by atoms with Gasteiger partial charge in [0.05, 0.1) is 5.56 Å². The molecule has 2 aromatic heterocycles. The molecule has 148 valence electrons. The summed E-state index contributed by atoms with van der Waals surface area (Å²) in [6, 6.07) is 24.5. The number of hydrogen-bond acceptors (Lipinski definition) is 5. The van der Waals surface area contributed by atoms with Gasteiger partial charge in [-0.05, 0) is 60.2 Å². The van der Waals surface area contributed by atoms with Crippen molar-refractivity contribution >= 4 is 17.4 Å². The lowest BCUT2D eigenvalue weighted by Crippen LogP contribution is -2.22. The number of carbonyl (C=O) groups excluding carboxylic acids is 1. The van der Waals surface area contributed by atoms with Gasteiger partial charge >= 0.3 is 0 Å². The molecule has 4 aromatic rings. The minimum absolute atomic E-state index is 0.180. The highest BCUT2D eigenvalue weighted by Gasteiger charge is 2.06. The largest absolute Gasteiger partial charge is 0.457 e. The van der Waals surface area contributed by atoms with Crippen molar-refractivity contribution in [2.75, 3.05) is 5.32 Å². The molecule has 0 aliphatic heterocycles. The molecule has 2 heterocycles. The standard InChI is InChI=1S/C24H20N4O2/c29-24(27-16-18-5-4-14-25-15-18)19-8-13-23(26-17-19)28-20-9-11-22(12-10-20)30-21-6-2-1-3-7-21/h1-15,17H,16H2,(H,26,28)(H,27,29). The number of nitrogens with zero attached hydrogens (tertiary/aromatic N) is 2. The van der Waals surface area contributed by atoms with Crippen LogP contribution in [0.1, 0.15) is 15.9 Å². The highest BCUT2D eigenvalue weighted by Crippen LogP contribution is 2.23. The first-order chi connectivity index (χ1) is 14.8. The molecule has 0 spiro atoms. The minimum Gasteiger partial charge on any atom is -0.457 e. The van der Waals surface area contributed by atoms with Gasteiger partial charge in [0.15, 0.2) is 0 Å². The molecule has 6 nitrogen and oxygen atoms in total. The first-order valence-electron chi connectivity index (χ1n) is 9.49. The molecule has 0 aliphatic carbocycles. The van der Waals surface area contributed by atoms with Crippen LogP contribution in [0.3, 0.4) is 0 Å². The third-order valence-electron chi connectivity index (χ3n) is 4.31. The van der Waals surface area contributed by atoms with Crippen molar-refractivity contribution in [3.05, 3.63) is 109 Å². The number of benzene rings is 2. The van der Waals surface area contributed by atoms with Crippen molar-refractivity contribution in [3.8, 4) is 11.5 Å². The van der Waals surface area contributed by atoms with E-state index in [0.29, 0.717) is 17.9 Å². The molecule has 0 unspecified atom stereocenters. The molecule has 0 fully saturated rings. The minimum atomic E-state index is -0.180. The quantitative estimate of drug-likeness (QED) is 0.463. The number of pyridine rings is 2. The highest BCUT2D eigenvalue weighted by molar-refractivity contribution is 5.94. The van der Waals surface area contributed by atoms with Gasteiger partial charge in [-0.25, -0.2) is 4.98 Å². The van der Waals surface area contributed by atoms with Gasteiger partial charge in [0.2, 0.25) is 0 Å². The Morgan fingerprint density at radius 3 is 2.33 bits per heavy atom. The van der Waals surface area contributed by atoms with E-state index in [1.807, 2.05) is 66.7 Å². The molecule has 0 radical (unpaired) electrons. The fraction of sp³-hybridized carbons (Fsp3) is 0.0417. The molecular weight excluding hydrogens is 376 g/mol. The van der Waals surface area contributed by atoms with Crippen LogP contribution in [0.5, 0.6) is 11.5 Å². The maximum Gasteiger partial charge on any atom is 0.253 e. The topological polar surface area (TPSA) is 76.1 Å². The van der Waals surface area contributed by atoms with Crippen molar-refractivity contribution in [2.45, 2.75) is 6.54 Å². The van der Waals surface area contributed by atoms with Crippen LogP contribution in [0.15, 0.2) is 97.5 Å². The Bertz CT molecular complexity index is 1080.